The van der Waals surface area contributed by atoms with Crippen LogP contribution in [-0.2, 0) is 16.1 Å². The minimum Gasteiger partial charge on any atom is -0.480 e. The molecule has 2 aromatic heterocycles. The maximum Gasteiger partial charge on any atom is 0.325 e. The van der Waals surface area contributed by atoms with Crippen LogP contribution in [0.3, 0.4) is 0 Å². The average Bonchev–Trinajstić information content (AvgIpc) is 2.85. The number of carbonyl (C=O) groups excluding carboxylic acids is 1. The number of carboxylic acid groups (broad SMARTS) is 1. The SMILES string of the molecule is O=C(O)Cn1nnnc1SCC(=O)Nc1cccnc1Cl. The number of nitrogens with zero attached hydrogens (tertiary/aromatic N) is 5. The minimum absolute atomic E-state index is 0.00517. The Kier molecular flexibility index (Phi) is 5.06. The van der Waals surface area contributed by atoms with E-state index in [0.29, 0.717) is 5.69 Å². The number of tetrazole rings is 1. The van der Waals surface area contributed by atoms with Crippen molar-refractivity contribution in [2.45, 2.75) is 11.7 Å². The van der Waals surface area contributed by atoms with Crippen molar-refractivity contribution in [3.05, 3.63) is 23.5 Å². The molecule has 0 aromatic carbocycles. The van der Waals surface area contributed by atoms with Crippen LogP contribution in [0.1, 0.15) is 0 Å². The van der Waals surface area contributed by atoms with E-state index in [2.05, 4.69) is 25.8 Å². The fraction of sp³-hybridized carbons (Fsp3) is 0.200. The molecule has 0 aliphatic rings. The third-order valence-electron chi connectivity index (χ3n) is 2.15. The molecule has 110 valence electrons. The zero-order valence-electron chi connectivity index (χ0n) is 10.4. The van der Waals surface area contributed by atoms with Crippen LogP contribution in [-0.4, -0.2) is 47.9 Å². The van der Waals surface area contributed by atoms with E-state index in [1.807, 2.05) is 0 Å². The summed E-state index contributed by atoms with van der Waals surface area (Å²) < 4.78 is 1.09. The van der Waals surface area contributed by atoms with Crippen LogP contribution in [0.4, 0.5) is 5.69 Å². The summed E-state index contributed by atoms with van der Waals surface area (Å²) in [5.41, 5.74) is 0.398. The predicted octanol–water partition coefficient (Wildman–Crippen LogP) is 0.537. The number of thioether (sulfide) groups is 1. The van der Waals surface area contributed by atoms with Gasteiger partial charge in [-0.05, 0) is 22.6 Å². The lowest BCUT2D eigenvalue weighted by Gasteiger charge is -2.05. The number of halogens is 1. The molecule has 9 nitrogen and oxygen atoms in total. The molecule has 0 spiro atoms. The molecule has 2 aromatic rings. The summed E-state index contributed by atoms with van der Waals surface area (Å²) in [4.78, 5) is 26.2. The molecule has 2 N–H and O–H groups in total. The smallest absolute Gasteiger partial charge is 0.325 e. The number of amides is 1. The number of carboxylic acids is 1. The van der Waals surface area contributed by atoms with Gasteiger partial charge in [0.2, 0.25) is 11.1 Å². The summed E-state index contributed by atoms with van der Waals surface area (Å²) in [6.45, 7) is -0.370. The van der Waals surface area contributed by atoms with Crippen LogP contribution in [0.25, 0.3) is 0 Å². The van der Waals surface area contributed by atoms with Gasteiger partial charge in [0.05, 0.1) is 11.4 Å². The number of aliphatic carboxylic acids is 1. The minimum atomic E-state index is -1.07. The lowest BCUT2D eigenvalue weighted by molar-refractivity contribution is -0.138. The van der Waals surface area contributed by atoms with Crippen molar-refractivity contribution in [1.82, 2.24) is 25.2 Å². The van der Waals surface area contributed by atoms with Gasteiger partial charge in [-0.2, -0.15) is 0 Å². The first kappa shape index (κ1) is 15.2. The zero-order valence-corrected chi connectivity index (χ0v) is 12.0. The number of nitrogens with one attached hydrogen (secondary N) is 1. The van der Waals surface area contributed by atoms with Gasteiger partial charge < -0.3 is 10.4 Å². The molecule has 0 bridgehead atoms. The molecule has 11 heteroatoms. The Morgan fingerprint density at radius 1 is 1.48 bits per heavy atom. The molecule has 2 rings (SSSR count). The number of rotatable bonds is 6. The molecule has 2 heterocycles. The maximum absolute atomic E-state index is 11.8. The van der Waals surface area contributed by atoms with Crippen molar-refractivity contribution < 1.29 is 14.7 Å². The van der Waals surface area contributed by atoms with Gasteiger partial charge in [-0.1, -0.05) is 23.4 Å². The fourth-order valence-electron chi connectivity index (χ4n) is 1.32. The summed E-state index contributed by atoms with van der Waals surface area (Å²) in [6.07, 6.45) is 1.51. The third kappa shape index (κ3) is 4.39. The van der Waals surface area contributed by atoms with Crippen LogP contribution in [0, 0.1) is 0 Å². The summed E-state index contributed by atoms with van der Waals surface area (Å²) in [5, 5.41) is 22.2. The second kappa shape index (κ2) is 6.99. The van der Waals surface area contributed by atoms with E-state index in [4.69, 9.17) is 16.7 Å². The Labute approximate surface area is 127 Å². The van der Waals surface area contributed by atoms with Gasteiger partial charge in [0, 0.05) is 6.20 Å². The van der Waals surface area contributed by atoms with E-state index in [9.17, 15) is 9.59 Å². The number of aromatic nitrogens is 5. The van der Waals surface area contributed by atoms with Crippen LogP contribution >= 0.6 is 23.4 Å². The maximum atomic E-state index is 11.8. The number of carbonyl (C=O) groups is 2. The van der Waals surface area contributed by atoms with Crippen molar-refractivity contribution in [3.63, 3.8) is 0 Å². The van der Waals surface area contributed by atoms with E-state index in [1.165, 1.54) is 6.20 Å². The van der Waals surface area contributed by atoms with E-state index in [0.717, 1.165) is 16.4 Å². The highest BCUT2D eigenvalue weighted by Gasteiger charge is 2.13. The highest BCUT2D eigenvalue weighted by atomic mass is 35.5. The lowest BCUT2D eigenvalue weighted by atomic mass is 10.4. The van der Waals surface area contributed by atoms with Crippen molar-refractivity contribution in [2.24, 2.45) is 0 Å². The molecular formula is C10H9ClN6O3S. The van der Waals surface area contributed by atoms with Crippen molar-refractivity contribution >= 4 is 40.9 Å². The molecule has 0 aliphatic heterocycles. The summed E-state index contributed by atoms with van der Waals surface area (Å²) in [6, 6.07) is 3.26. The zero-order chi connectivity index (χ0) is 15.2. The van der Waals surface area contributed by atoms with Gasteiger partial charge in [-0.3, -0.25) is 9.59 Å². The molecule has 0 saturated heterocycles. The van der Waals surface area contributed by atoms with Gasteiger partial charge in [-0.25, -0.2) is 9.67 Å². The Hall–Kier alpha value is -2.20. The molecule has 1 amide bonds. The Bertz CT molecular complexity index is 664. The first-order valence-corrected chi connectivity index (χ1v) is 6.93. The van der Waals surface area contributed by atoms with Gasteiger partial charge >= 0.3 is 5.97 Å². The summed E-state index contributed by atoms with van der Waals surface area (Å²) >= 11 is 6.83. The monoisotopic (exact) mass is 328 g/mol. The first-order valence-electron chi connectivity index (χ1n) is 5.57. The third-order valence-corrected chi connectivity index (χ3v) is 3.41. The molecule has 0 fully saturated rings. The number of hydrogen-bond donors (Lipinski definition) is 2. The standard InChI is InChI=1S/C10H9ClN6O3S/c11-9-6(2-1-3-12-9)13-7(18)5-21-10-14-15-16-17(10)4-8(19)20/h1-3H,4-5H2,(H,13,18)(H,19,20). The molecular weight excluding hydrogens is 320 g/mol. The number of anilines is 1. The van der Waals surface area contributed by atoms with Crippen LogP contribution in [0.5, 0.6) is 0 Å². The van der Waals surface area contributed by atoms with Crippen LogP contribution in [0.15, 0.2) is 23.5 Å². The molecule has 0 aliphatic carbocycles. The van der Waals surface area contributed by atoms with E-state index >= 15 is 0 Å². The van der Waals surface area contributed by atoms with Crippen molar-refractivity contribution in [1.29, 1.82) is 0 Å². The molecule has 0 atom stereocenters. The topological polar surface area (TPSA) is 123 Å². The van der Waals surface area contributed by atoms with Gasteiger partial charge in [0.15, 0.2) is 5.15 Å². The molecule has 0 radical (unpaired) electrons. The van der Waals surface area contributed by atoms with E-state index in [-0.39, 0.29) is 28.5 Å². The fourth-order valence-corrected chi connectivity index (χ4v) is 2.17. The first-order chi connectivity index (χ1) is 10.1. The van der Waals surface area contributed by atoms with Crippen molar-refractivity contribution in [2.75, 3.05) is 11.1 Å². The quantitative estimate of drug-likeness (QED) is 0.581. The van der Waals surface area contributed by atoms with Gasteiger partial charge in [-0.15, -0.1) is 5.10 Å². The van der Waals surface area contributed by atoms with Gasteiger partial charge in [0.25, 0.3) is 0 Å². The second-order valence-corrected chi connectivity index (χ2v) is 4.99. The highest BCUT2D eigenvalue weighted by Crippen LogP contribution is 2.19. The summed E-state index contributed by atoms with van der Waals surface area (Å²) in [5.74, 6) is -1.40. The lowest BCUT2D eigenvalue weighted by Crippen LogP contribution is -2.16. The van der Waals surface area contributed by atoms with Crippen LogP contribution in [0.2, 0.25) is 5.15 Å². The Morgan fingerprint density at radius 3 is 3.00 bits per heavy atom. The van der Waals surface area contributed by atoms with E-state index < -0.39 is 5.97 Å². The molecule has 0 saturated carbocycles. The van der Waals surface area contributed by atoms with Crippen LogP contribution < -0.4 is 5.32 Å². The predicted molar refractivity (Wildman–Crippen MR) is 74.1 cm³/mol. The Balaban J connectivity index is 1.91. The largest absolute Gasteiger partial charge is 0.480 e. The molecule has 0 unspecified atom stereocenters. The van der Waals surface area contributed by atoms with Crippen molar-refractivity contribution in [3.8, 4) is 0 Å². The Morgan fingerprint density at radius 2 is 2.29 bits per heavy atom. The second-order valence-electron chi connectivity index (χ2n) is 3.69. The normalized spacial score (nSPS) is 10.3. The summed E-state index contributed by atoms with van der Waals surface area (Å²) in [7, 11) is 0. The van der Waals surface area contributed by atoms with E-state index in [1.54, 1.807) is 12.1 Å². The average molecular weight is 329 g/mol. The number of pyridine rings is 1. The molecule has 21 heavy (non-hydrogen) atoms. The van der Waals surface area contributed by atoms with Gasteiger partial charge in [0.1, 0.15) is 6.54 Å². The highest BCUT2D eigenvalue weighted by molar-refractivity contribution is 7.99. The number of hydrogen-bond acceptors (Lipinski definition) is 7.